The smallest absolute Gasteiger partial charge is 0.247 e. The third kappa shape index (κ3) is 5.23. The minimum Gasteiger partial charge on any atom is -0.496 e. The predicted molar refractivity (Wildman–Crippen MR) is 123 cm³/mol. The highest BCUT2D eigenvalue weighted by Gasteiger charge is 2.13. The summed E-state index contributed by atoms with van der Waals surface area (Å²) in [6, 6.07) is 10.8. The number of methoxy groups -OCH3 is 2. The average molecular weight is 440 g/mol. The molecule has 0 unspecified atom stereocenters. The van der Waals surface area contributed by atoms with Crippen LogP contribution in [0.15, 0.2) is 55.3 Å². The molecule has 9 heteroatoms. The third-order valence-corrected chi connectivity index (χ3v) is 4.63. The molecule has 0 radical (unpaired) electrons. The van der Waals surface area contributed by atoms with E-state index in [0.29, 0.717) is 45.4 Å². The number of carbonyl (C=O) groups is 1. The van der Waals surface area contributed by atoms with Gasteiger partial charge >= 0.3 is 0 Å². The van der Waals surface area contributed by atoms with E-state index in [1.54, 1.807) is 32.4 Å². The SMILES string of the molecule is C=CC(=O)Nc1cccc(Nc2nc(Nc3ccc(OC)c(C)c3OC)ncc2Cl)c1. The molecule has 1 aromatic heterocycles. The van der Waals surface area contributed by atoms with Gasteiger partial charge in [0.15, 0.2) is 5.82 Å². The van der Waals surface area contributed by atoms with E-state index in [4.69, 9.17) is 21.1 Å². The zero-order valence-electron chi connectivity index (χ0n) is 17.3. The highest BCUT2D eigenvalue weighted by Crippen LogP contribution is 2.36. The van der Waals surface area contributed by atoms with Crippen LogP contribution in [0.2, 0.25) is 5.02 Å². The van der Waals surface area contributed by atoms with Crippen molar-refractivity contribution in [3.8, 4) is 11.5 Å². The lowest BCUT2D eigenvalue weighted by Crippen LogP contribution is -2.07. The summed E-state index contributed by atoms with van der Waals surface area (Å²) >= 11 is 6.28. The average Bonchev–Trinajstić information content (AvgIpc) is 2.76. The number of benzene rings is 2. The molecule has 0 aliphatic heterocycles. The van der Waals surface area contributed by atoms with Crippen LogP contribution in [-0.4, -0.2) is 30.1 Å². The van der Waals surface area contributed by atoms with Crippen LogP contribution in [0, 0.1) is 6.92 Å². The van der Waals surface area contributed by atoms with Crippen LogP contribution in [0.1, 0.15) is 5.56 Å². The lowest BCUT2D eigenvalue weighted by Gasteiger charge is -2.16. The van der Waals surface area contributed by atoms with Gasteiger partial charge in [-0.05, 0) is 43.3 Å². The summed E-state index contributed by atoms with van der Waals surface area (Å²) in [5.74, 6) is 1.76. The molecule has 0 bridgehead atoms. The minimum atomic E-state index is -0.299. The summed E-state index contributed by atoms with van der Waals surface area (Å²) < 4.78 is 10.8. The number of halogens is 1. The molecule has 0 atom stereocenters. The molecule has 2 aromatic carbocycles. The van der Waals surface area contributed by atoms with Gasteiger partial charge in [0.05, 0.1) is 26.1 Å². The van der Waals surface area contributed by atoms with Gasteiger partial charge in [-0.2, -0.15) is 4.98 Å². The predicted octanol–water partition coefficient (Wildman–Crippen LogP) is 5.07. The van der Waals surface area contributed by atoms with E-state index < -0.39 is 0 Å². The zero-order valence-corrected chi connectivity index (χ0v) is 18.1. The third-order valence-electron chi connectivity index (χ3n) is 4.35. The molecule has 3 rings (SSSR count). The van der Waals surface area contributed by atoms with E-state index in [1.165, 1.54) is 12.3 Å². The van der Waals surface area contributed by atoms with Crippen LogP contribution >= 0.6 is 11.6 Å². The Labute approximate surface area is 185 Å². The summed E-state index contributed by atoms with van der Waals surface area (Å²) in [6.07, 6.45) is 2.69. The largest absolute Gasteiger partial charge is 0.496 e. The minimum absolute atomic E-state index is 0.299. The molecule has 1 heterocycles. The van der Waals surface area contributed by atoms with Crippen LogP contribution in [0.4, 0.5) is 28.8 Å². The number of amides is 1. The van der Waals surface area contributed by atoms with Gasteiger partial charge in [0.1, 0.15) is 16.5 Å². The summed E-state index contributed by atoms with van der Waals surface area (Å²) in [5.41, 5.74) is 2.83. The number of carbonyl (C=O) groups excluding carboxylic acids is 1. The number of anilines is 5. The summed E-state index contributed by atoms with van der Waals surface area (Å²) in [6.45, 7) is 5.34. The van der Waals surface area contributed by atoms with Crippen molar-refractivity contribution in [1.29, 1.82) is 0 Å². The molecule has 8 nitrogen and oxygen atoms in total. The van der Waals surface area contributed by atoms with Crippen molar-refractivity contribution >= 4 is 46.3 Å². The second-order valence-corrected chi connectivity index (χ2v) is 6.80. The number of rotatable bonds is 8. The van der Waals surface area contributed by atoms with Gasteiger partial charge in [0.25, 0.3) is 0 Å². The number of aromatic nitrogens is 2. The Morgan fingerprint density at radius 3 is 2.61 bits per heavy atom. The highest BCUT2D eigenvalue weighted by molar-refractivity contribution is 6.32. The van der Waals surface area contributed by atoms with Gasteiger partial charge in [0.2, 0.25) is 11.9 Å². The lowest BCUT2D eigenvalue weighted by atomic mass is 10.1. The van der Waals surface area contributed by atoms with Crippen molar-refractivity contribution in [3.63, 3.8) is 0 Å². The first-order valence-electron chi connectivity index (χ1n) is 9.26. The summed E-state index contributed by atoms with van der Waals surface area (Å²) in [5, 5.41) is 9.32. The van der Waals surface area contributed by atoms with Crippen molar-refractivity contribution in [2.45, 2.75) is 6.92 Å². The van der Waals surface area contributed by atoms with Crippen molar-refractivity contribution < 1.29 is 14.3 Å². The first-order chi connectivity index (χ1) is 14.9. The van der Waals surface area contributed by atoms with Gasteiger partial charge in [-0.25, -0.2) is 4.98 Å². The Morgan fingerprint density at radius 1 is 1.13 bits per heavy atom. The molecular weight excluding hydrogens is 418 g/mol. The maximum Gasteiger partial charge on any atom is 0.247 e. The molecule has 3 N–H and O–H groups in total. The van der Waals surface area contributed by atoms with Gasteiger partial charge in [0, 0.05) is 16.9 Å². The topological polar surface area (TPSA) is 97.4 Å². The monoisotopic (exact) mass is 439 g/mol. The van der Waals surface area contributed by atoms with Gasteiger partial charge in [-0.15, -0.1) is 0 Å². The van der Waals surface area contributed by atoms with Crippen LogP contribution in [0.3, 0.4) is 0 Å². The molecule has 160 valence electrons. The second-order valence-electron chi connectivity index (χ2n) is 6.39. The van der Waals surface area contributed by atoms with Crippen molar-refractivity contribution in [1.82, 2.24) is 9.97 Å². The van der Waals surface area contributed by atoms with Crippen molar-refractivity contribution in [2.75, 3.05) is 30.2 Å². The Kier molecular flexibility index (Phi) is 6.94. The normalized spacial score (nSPS) is 10.2. The molecule has 31 heavy (non-hydrogen) atoms. The molecule has 0 aliphatic rings. The van der Waals surface area contributed by atoms with Crippen LogP contribution < -0.4 is 25.4 Å². The van der Waals surface area contributed by atoms with Crippen LogP contribution in [0.5, 0.6) is 11.5 Å². The Balaban J connectivity index is 1.85. The maximum absolute atomic E-state index is 11.5. The van der Waals surface area contributed by atoms with Gasteiger partial charge in [-0.1, -0.05) is 24.2 Å². The molecule has 0 spiro atoms. The fourth-order valence-electron chi connectivity index (χ4n) is 2.90. The molecule has 0 saturated carbocycles. The molecule has 3 aromatic rings. The molecule has 1 amide bonds. The standard InChI is InChI=1S/C22H22ClN5O3/c1-5-19(29)25-14-7-6-8-15(11-14)26-21-16(23)12-24-22(28-21)27-17-9-10-18(30-3)13(2)20(17)31-4/h5-12H,1H2,2-4H3,(H,25,29)(H2,24,26,27,28). The van der Waals surface area contributed by atoms with Crippen molar-refractivity contribution in [3.05, 3.63) is 65.8 Å². The quantitative estimate of drug-likeness (QED) is 0.421. The van der Waals surface area contributed by atoms with E-state index in [1.807, 2.05) is 25.1 Å². The van der Waals surface area contributed by atoms with Crippen LogP contribution in [-0.2, 0) is 4.79 Å². The van der Waals surface area contributed by atoms with E-state index in [-0.39, 0.29) is 5.91 Å². The fourth-order valence-corrected chi connectivity index (χ4v) is 3.03. The highest BCUT2D eigenvalue weighted by atomic mass is 35.5. The van der Waals surface area contributed by atoms with E-state index in [9.17, 15) is 4.79 Å². The second kappa shape index (κ2) is 9.82. The summed E-state index contributed by atoms with van der Waals surface area (Å²) in [7, 11) is 3.19. The number of nitrogens with zero attached hydrogens (tertiary/aromatic N) is 2. The molecule has 0 aliphatic carbocycles. The fraction of sp³-hybridized carbons (Fsp3) is 0.136. The molecular formula is C22H22ClN5O3. The van der Waals surface area contributed by atoms with E-state index >= 15 is 0 Å². The molecule has 0 saturated heterocycles. The number of hydrogen-bond acceptors (Lipinski definition) is 7. The Hall–Kier alpha value is -3.78. The molecule has 0 fully saturated rings. The van der Waals surface area contributed by atoms with E-state index in [0.717, 1.165) is 5.56 Å². The zero-order chi connectivity index (χ0) is 22.4. The first kappa shape index (κ1) is 21.9. The van der Waals surface area contributed by atoms with Gasteiger partial charge in [-0.3, -0.25) is 4.79 Å². The van der Waals surface area contributed by atoms with Gasteiger partial charge < -0.3 is 25.4 Å². The summed E-state index contributed by atoms with van der Waals surface area (Å²) in [4.78, 5) is 20.2. The maximum atomic E-state index is 11.5. The number of ether oxygens (including phenoxy) is 2. The van der Waals surface area contributed by atoms with Crippen LogP contribution in [0.25, 0.3) is 0 Å². The van der Waals surface area contributed by atoms with Crippen molar-refractivity contribution in [2.24, 2.45) is 0 Å². The first-order valence-corrected chi connectivity index (χ1v) is 9.64. The lowest BCUT2D eigenvalue weighted by molar-refractivity contribution is -0.111. The number of hydrogen-bond donors (Lipinski definition) is 3. The van der Waals surface area contributed by atoms with E-state index in [2.05, 4.69) is 32.5 Å². The Bertz CT molecular complexity index is 1120. The Morgan fingerprint density at radius 2 is 1.90 bits per heavy atom. The number of nitrogens with one attached hydrogen (secondary N) is 3.